The summed E-state index contributed by atoms with van der Waals surface area (Å²) in [6.07, 6.45) is 1.56. The van der Waals surface area contributed by atoms with Gasteiger partial charge in [-0.1, -0.05) is 6.08 Å². The maximum absolute atomic E-state index is 11.7. The number of hydrogen-bond donors (Lipinski definition) is 0. The number of nitrogens with zero attached hydrogens (tertiary/aromatic N) is 1. The lowest BCUT2D eigenvalue weighted by molar-refractivity contribution is 0.0260. The molecule has 1 unspecified atom stereocenters. The van der Waals surface area contributed by atoms with Crippen molar-refractivity contribution in [3.05, 3.63) is 12.7 Å². The molecular formula is C11H19NO3. The van der Waals surface area contributed by atoms with Crippen molar-refractivity contribution in [2.75, 3.05) is 19.7 Å². The van der Waals surface area contributed by atoms with Gasteiger partial charge in [0.15, 0.2) is 0 Å². The number of carbonyl (C=O) groups is 1. The number of hydrogen-bond acceptors (Lipinski definition) is 3. The van der Waals surface area contributed by atoms with Crippen molar-refractivity contribution in [2.24, 2.45) is 0 Å². The SMILES string of the molecule is C=CCN(CC1CO1)C(=O)OC(C)(C)C. The van der Waals surface area contributed by atoms with Gasteiger partial charge in [0, 0.05) is 6.54 Å². The van der Waals surface area contributed by atoms with E-state index in [1.165, 1.54) is 0 Å². The minimum absolute atomic E-state index is 0.178. The van der Waals surface area contributed by atoms with Gasteiger partial charge in [0.2, 0.25) is 0 Å². The first-order valence-corrected chi connectivity index (χ1v) is 5.13. The van der Waals surface area contributed by atoms with Crippen LogP contribution in [0.5, 0.6) is 0 Å². The van der Waals surface area contributed by atoms with Crippen LogP contribution < -0.4 is 0 Å². The lowest BCUT2D eigenvalue weighted by Gasteiger charge is -2.26. The third-order valence-corrected chi connectivity index (χ3v) is 1.83. The molecule has 1 fully saturated rings. The summed E-state index contributed by atoms with van der Waals surface area (Å²) >= 11 is 0. The molecule has 4 nitrogen and oxygen atoms in total. The van der Waals surface area contributed by atoms with Crippen molar-refractivity contribution < 1.29 is 14.3 Å². The summed E-state index contributed by atoms with van der Waals surface area (Å²) in [7, 11) is 0. The van der Waals surface area contributed by atoms with Crippen molar-refractivity contribution in [2.45, 2.75) is 32.5 Å². The molecule has 1 amide bonds. The van der Waals surface area contributed by atoms with Gasteiger partial charge in [0.25, 0.3) is 0 Å². The molecule has 0 N–H and O–H groups in total. The van der Waals surface area contributed by atoms with E-state index in [2.05, 4.69) is 6.58 Å². The highest BCUT2D eigenvalue weighted by Crippen LogP contribution is 2.14. The maximum atomic E-state index is 11.7. The van der Waals surface area contributed by atoms with Crippen molar-refractivity contribution in [3.63, 3.8) is 0 Å². The molecule has 1 heterocycles. The molecule has 1 saturated heterocycles. The van der Waals surface area contributed by atoms with Gasteiger partial charge in [-0.2, -0.15) is 0 Å². The fourth-order valence-corrected chi connectivity index (χ4v) is 1.13. The molecule has 15 heavy (non-hydrogen) atoms. The van der Waals surface area contributed by atoms with Crippen LogP contribution in [0.25, 0.3) is 0 Å². The summed E-state index contributed by atoms with van der Waals surface area (Å²) in [4.78, 5) is 13.3. The van der Waals surface area contributed by atoms with Crippen LogP contribution in [0.2, 0.25) is 0 Å². The summed E-state index contributed by atoms with van der Waals surface area (Å²) in [6.45, 7) is 11.0. The Morgan fingerprint density at radius 3 is 2.67 bits per heavy atom. The van der Waals surface area contributed by atoms with Gasteiger partial charge in [-0.3, -0.25) is 0 Å². The molecule has 0 aromatic carbocycles. The molecule has 0 aromatic rings. The highest BCUT2D eigenvalue weighted by molar-refractivity contribution is 5.68. The number of carbonyl (C=O) groups excluding carboxylic acids is 1. The Bertz CT molecular complexity index is 241. The van der Waals surface area contributed by atoms with E-state index < -0.39 is 5.60 Å². The minimum atomic E-state index is -0.457. The van der Waals surface area contributed by atoms with Gasteiger partial charge in [0.05, 0.1) is 19.3 Å². The molecule has 1 aliphatic heterocycles. The standard InChI is InChI=1S/C11H19NO3/c1-5-6-12(7-9-8-14-9)10(13)15-11(2,3)4/h5,9H,1,6-8H2,2-4H3. The van der Waals surface area contributed by atoms with Gasteiger partial charge in [-0.05, 0) is 20.8 Å². The minimum Gasteiger partial charge on any atom is -0.444 e. The molecule has 0 spiro atoms. The number of rotatable bonds is 4. The molecule has 0 radical (unpaired) electrons. The monoisotopic (exact) mass is 213 g/mol. The summed E-state index contributed by atoms with van der Waals surface area (Å²) in [5, 5.41) is 0. The van der Waals surface area contributed by atoms with Gasteiger partial charge in [-0.25, -0.2) is 4.79 Å². The highest BCUT2D eigenvalue weighted by Gasteiger charge is 2.29. The van der Waals surface area contributed by atoms with Crippen LogP contribution >= 0.6 is 0 Å². The van der Waals surface area contributed by atoms with E-state index in [-0.39, 0.29) is 12.2 Å². The second-order valence-corrected chi connectivity index (χ2v) is 4.63. The van der Waals surface area contributed by atoms with E-state index in [9.17, 15) is 4.79 Å². The largest absolute Gasteiger partial charge is 0.444 e. The Hall–Kier alpha value is -1.03. The zero-order valence-electron chi connectivity index (χ0n) is 9.66. The molecule has 0 aromatic heterocycles. The molecule has 0 saturated carbocycles. The molecule has 4 heteroatoms. The first-order valence-electron chi connectivity index (χ1n) is 5.13. The van der Waals surface area contributed by atoms with E-state index in [1.807, 2.05) is 20.8 Å². The summed E-state index contributed by atoms with van der Waals surface area (Å²) in [5.74, 6) is 0. The summed E-state index contributed by atoms with van der Waals surface area (Å²) in [5.41, 5.74) is -0.457. The predicted molar refractivity (Wildman–Crippen MR) is 57.7 cm³/mol. The molecule has 1 aliphatic rings. The molecular weight excluding hydrogens is 194 g/mol. The van der Waals surface area contributed by atoms with Crippen molar-refractivity contribution in [1.29, 1.82) is 0 Å². The van der Waals surface area contributed by atoms with Gasteiger partial charge >= 0.3 is 6.09 Å². The lowest BCUT2D eigenvalue weighted by Crippen LogP contribution is -2.39. The van der Waals surface area contributed by atoms with Crippen LogP contribution in [0.1, 0.15) is 20.8 Å². The average Bonchev–Trinajstić information content (AvgIpc) is 2.84. The Morgan fingerprint density at radius 2 is 2.27 bits per heavy atom. The van der Waals surface area contributed by atoms with E-state index in [0.29, 0.717) is 13.1 Å². The second-order valence-electron chi connectivity index (χ2n) is 4.63. The van der Waals surface area contributed by atoms with Crippen LogP contribution in [-0.2, 0) is 9.47 Å². The second kappa shape index (κ2) is 4.66. The van der Waals surface area contributed by atoms with E-state index in [1.54, 1.807) is 11.0 Å². The lowest BCUT2D eigenvalue weighted by atomic mass is 10.2. The zero-order chi connectivity index (χ0) is 11.5. The summed E-state index contributed by atoms with van der Waals surface area (Å²) in [6, 6.07) is 0. The van der Waals surface area contributed by atoms with E-state index in [0.717, 1.165) is 6.61 Å². The van der Waals surface area contributed by atoms with Crippen LogP contribution in [0.3, 0.4) is 0 Å². The van der Waals surface area contributed by atoms with Crippen LogP contribution in [0, 0.1) is 0 Å². The van der Waals surface area contributed by atoms with Gasteiger partial charge in [-0.15, -0.1) is 6.58 Å². The van der Waals surface area contributed by atoms with Crippen molar-refractivity contribution in [3.8, 4) is 0 Å². The van der Waals surface area contributed by atoms with Gasteiger partial charge in [0.1, 0.15) is 5.60 Å². The Labute approximate surface area is 90.8 Å². The van der Waals surface area contributed by atoms with Crippen LogP contribution in [0.15, 0.2) is 12.7 Å². The Morgan fingerprint density at radius 1 is 1.67 bits per heavy atom. The number of amides is 1. The molecule has 86 valence electrons. The molecule has 0 bridgehead atoms. The normalized spacial score (nSPS) is 19.5. The Kier molecular flexibility index (Phi) is 3.74. The maximum Gasteiger partial charge on any atom is 0.410 e. The highest BCUT2D eigenvalue weighted by atomic mass is 16.6. The topological polar surface area (TPSA) is 42.1 Å². The fourth-order valence-electron chi connectivity index (χ4n) is 1.13. The third-order valence-electron chi connectivity index (χ3n) is 1.83. The third kappa shape index (κ3) is 4.83. The first kappa shape index (κ1) is 12.0. The van der Waals surface area contributed by atoms with Crippen LogP contribution in [-0.4, -0.2) is 42.4 Å². The first-order chi connectivity index (χ1) is 6.92. The molecule has 1 atom stereocenters. The number of epoxide rings is 1. The fraction of sp³-hybridized carbons (Fsp3) is 0.727. The predicted octanol–water partition coefficient (Wildman–Crippen LogP) is 1.81. The van der Waals surface area contributed by atoms with Crippen molar-refractivity contribution >= 4 is 6.09 Å². The van der Waals surface area contributed by atoms with Gasteiger partial charge < -0.3 is 14.4 Å². The zero-order valence-corrected chi connectivity index (χ0v) is 9.66. The van der Waals surface area contributed by atoms with E-state index in [4.69, 9.17) is 9.47 Å². The van der Waals surface area contributed by atoms with Crippen molar-refractivity contribution in [1.82, 2.24) is 4.90 Å². The number of ether oxygens (including phenoxy) is 2. The Balaban J connectivity index is 2.45. The average molecular weight is 213 g/mol. The smallest absolute Gasteiger partial charge is 0.410 e. The summed E-state index contributed by atoms with van der Waals surface area (Å²) < 4.78 is 10.3. The quantitative estimate of drug-likeness (QED) is 0.528. The molecule has 1 rings (SSSR count). The van der Waals surface area contributed by atoms with Crippen LogP contribution in [0.4, 0.5) is 4.79 Å². The van der Waals surface area contributed by atoms with E-state index >= 15 is 0 Å². The molecule has 0 aliphatic carbocycles.